The van der Waals surface area contributed by atoms with Crippen molar-refractivity contribution in [3.63, 3.8) is 0 Å². The molecule has 0 spiro atoms. The summed E-state index contributed by atoms with van der Waals surface area (Å²) in [5.74, 6) is 0.975. The molecule has 0 bridgehead atoms. The average Bonchev–Trinajstić information content (AvgIpc) is 2.10. The molecule has 0 heterocycles. The summed E-state index contributed by atoms with van der Waals surface area (Å²) in [5.41, 5.74) is 0.907. The zero-order valence-electron chi connectivity index (χ0n) is 7.72. The van der Waals surface area contributed by atoms with E-state index in [1.165, 1.54) is 14.2 Å². The van der Waals surface area contributed by atoms with Crippen molar-refractivity contribution < 1.29 is 14.6 Å². The largest absolute Gasteiger partial charge is 0.503 e. The van der Waals surface area contributed by atoms with E-state index in [9.17, 15) is 5.11 Å². The van der Waals surface area contributed by atoms with Gasteiger partial charge in [-0.1, -0.05) is 0 Å². The van der Waals surface area contributed by atoms with Crippen molar-refractivity contribution in [3.05, 3.63) is 16.1 Å². The van der Waals surface area contributed by atoms with Crippen LogP contribution in [0.5, 0.6) is 17.2 Å². The highest BCUT2D eigenvalue weighted by atomic mass is 79.9. The fourth-order valence-electron chi connectivity index (χ4n) is 1.16. The average molecular weight is 247 g/mol. The number of methoxy groups -OCH3 is 2. The molecule has 4 heteroatoms. The molecule has 0 amide bonds. The number of aryl methyl sites for hydroxylation is 1. The second-order valence-corrected chi connectivity index (χ2v) is 3.44. The highest BCUT2D eigenvalue weighted by molar-refractivity contribution is 9.10. The van der Waals surface area contributed by atoms with Crippen LogP contribution in [-0.2, 0) is 0 Å². The van der Waals surface area contributed by atoms with Crippen LogP contribution < -0.4 is 9.47 Å². The Morgan fingerprint density at radius 2 is 1.77 bits per heavy atom. The maximum Gasteiger partial charge on any atom is 0.204 e. The molecule has 1 aromatic carbocycles. The van der Waals surface area contributed by atoms with E-state index in [0.29, 0.717) is 16.0 Å². The SMILES string of the molecule is COc1c(C)cc(Br)c(O)c1OC. The van der Waals surface area contributed by atoms with Crippen LogP contribution in [0.3, 0.4) is 0 Å². The first-order valence-electron chi connectivity index (χ1n) is 3.71. The van der Waals surface area contributed by atoms with Gasteiger partial charge in [0.1, 0.15) is 0 Å². The van der Waals surface area contributed by atoms with E-state index in [4.69, 9.17) is 9.47 Å². The van der Waals surface area contributed by atoms with Crippen molar-refractivity contribution in [2.45, 2.75) is 6.92 Å². The fraction of sp³-hybridized carbons (Fsp3) is 0.333. The lowest BCUT2D eigenvalue weighted by Crippen LogP contribution is -1.93. The standard InChI is InChI=1S/C9H11BrO3/c1-5-4-6(10)7(11)9(13-3)8(5)12-2/h4,11H,1-3H3. The molecule has 0 saturated heterocycles. The monoisotopic (exact) mass is 246 g/mol. The van der Waals surface area contributed by atoms with E-state index in [1.807, 2.05) is 6.92 Å². The minimum atomic E-state index is 0.0601. The Bertz CT molecular complexity index is 323. The molecule has 0 radical (unpaired) electrons. The van der Waals surface area contributed by atoms with Gasteiger partial charge in [0.2, 0.25) is 5.75 Å². The number of phenolic OH excluding ortho intramolecular Hbond substituents is 1. The van der Waals surface area contributed by atoms with Crippen LogP contribution in [0.15, 0.2) is 10.5 Å². The van der Waals surface area contributed by atoms with Gasteiger partial charge in [-0.3, -0.25) is 0 Å². The summed E-state index contributed by atoms with van der Waals surface area (Å²) in [4.78, 5) is 0. The molecule has 3 nitrogen and oxygen atoms in total. The third kappa shape index (κ3) is 1.72. The summed E-state index contributed by atoms with van der Waals surface area (Å²) in [6, 6.07) is 1.77. The highest BCUT2D eigenvalue weighted by Crippen LogP contribution is 2.43. The molecule has 1 aromatic rings. The summed E-state index contributed by atoms with van der Waals surface area (Å²) < 4.78 is 10.7. The topological polar surface area (TPSA) is 38.7 Å². The van der Waals surface area contributed by atoms with Crippen LogP contribution in [0.4, 0.5) is 0 Å². The van der Waals surface area contributed by atoms with E-state index in [1.54, 1.807) is 6.07 Å². The smallest absolute Gasteiger partial charge is 0.204 e. The summed E-state index contributed by atoms with van der Waals surface area (Å²) in [6.07, 6.45) is 0. The van der Waals surface area contributed by atoms with Gasteiger partial charge in [0, 0.05) is 0 Å². The Labute approximate surface area is 85.4 Å². The number of ether oxygens (including phenoxy) is 2. The molecule has 0 atom stereocenters. The third-order valence-electron chi connectivity index (χ3n) is 1.76. The van der Waals surface area contributed by atoms with Gasteiger partial charge in [-0.2, -0.15) is 0 Å². The predicted octanol–water partition coefficient (Wildman–Crippen LogP) is 2.48. The molecule has 72 valence electrons. The van der Waals surface area contributed by atoms with Crippen molar-refractivity contribution in [2.75, 3.05) is 14.2 Å². The maximum absolute atomic E-state index is 9.58. The minimum absolute atomic E-state index is 0.0601. The number of hydrogen-bond acceptors (Lipinski definition) is 3. The quantitative estimate of drug-likeness (QED) is 0.872. The number of aromatic hydroxyl groups is 1. The van der Waals surface area contributed by atoms with Crippen LogP contribution in [0.25, 0.3) is 0 Å². The molecule has 0 aliphatic rings. The van der Waals surface area contributed by atoms with E-state index >= 15 is 0 Å². The van der Waals surface area contributed by atoms with E-state index in [-0.39, 0.29) is 5.75 Å². The summed E-state index contributed by atoms with van der Waals surface area (Å²) in [6.45, 7) is 1.88. The number of phenols is 1. The van der Waals surface area contributed by atoms with Gasteiger partial charge in [0.15, 0.2) is 11.5 Å². The molecule has 0 aliphatic heterocycles. The molecule has 0 unspecified atom stereocenters. The predicted molar refractivity (Wildman–Crippen MR) is 53.6 cm³/mol. The highest BCUT2D eigenvalue weighted by Gasteiger charge is 2.15. The van der Waals surface area contributed by atoms with E-state index in [2.05, 4.69) is 15.9 Å². The van der Waals surface area contributed by atoms with Crippen molar-refractivity contribution >= 4 is 15.9 Å². The maximum atomic E-state index is 9.58. The van der Waals surface area contributed by atoms with Gasteiger partial charge in [-0.05, 0) is 34.5 Å². The summed E-state index contributed by atoms with van der Waals surface area (Å²) >= 11 is 3.22. The number of rotatable bonds is 2. The lowest BCUT2D eigenvalue weighted by atomic mass is 10.2. The van der Waals surface area contributed by atoms with Crippen LogP contribution in [-0.4, -0.2) is 19.3 Å². The van der Waals surface area contributed by atoms with Gasteiger partial charge in [0.05, 0.1) is 18.7 Å². The van der Waals surface area contributed by atoms with E-state index in [0.717, 1.165) is 5.56 Å². The first-order valence-corrected chi connectivity index (χ1v) is 4.51. The van der Waals surface area contributed by atoms with Gasteiger partial charge >= 0.3 is 0 Å². The molecule has 0 saturated carbocycles. The molecular weight excluding hydrogens is 236 g/mol. The Morgan fingerprint density at radius 1 is 1.23 bits per heavy atom. The first-order chi connectivity index (χ1) is 6.11. The normalized spacial score (nSPS) is 9.85. The van der Waals surface area contributed by atoms with Gasteiger partial charge in [-0.25, -0.2) is 0 Å². The van der Waals surface area contributed by atoms with Gasteiger partial charge in [-0.15, -0.1) is 0 Å². The van der Waals surface area contributed by atoms with Crippen LogP contribution >= 0.6 is 15.9 Å². The summed E-state index contributed by atoms with van der Waals surface area (Å²) in [5, 5.41) is 9.58. The number of benzene rings is 1. The number of halogens is 1. The molecule has 0 aliphatic carbocycles. The molecule has 1 rings (SSSR count). The Hall–Kier alpha value is -0.900. The van der Waals surface area contributed by atoms with Crippen molar-refractivity contribution in [2.24, 2.45) is 0 Å². The first kappa shape index (κ1) is 10.2. The zero-order valence-corrected chi connectivity index (χ0v) is 9.31. The molecule has 0 aromatic heterocycles. The van der Waals surface area contributed by atoms with Gasteiger partial charge in [0.25, 0.3) is 0 Å². The molecular formula is C9H11BrO3. The molecule has 0 fully saturated rings. The number of hydrogen-bond donors (Lipinski definition) is 1. The Balaban J connectivity index is 3.41. The van der Waals surface area contributed by atoms with Crippen molar-refractivity contribution in [1.29, 1.82) is 0 Å². The minimum Gasteiger partial charge on any atom is -0.503 e. The second kappa shape index (κ2) is 3.87. The van der Waals surface area contributed by atoms with E-state index < -0.39 is 0 Å². The molecule has 13 heavy (non-hydrogen) atoms. The second-order valence-electron chi connectivity index (χ2n) is 2.59. The van der Waals surface area contributed by atoms with Gasteiger partial charge < -0.3 is 14.6 Å². The Morgan fingerprint density at radius 3 is 2.23 bits per heavy atom. The lowest BCUT2D eigenvalue weighted by Gasteiger charge is -2.12. The van der Waals surface area contributed by atoms with Crippen LogP contribution in [0, 0.1) is 6.92 Å². The van der Waals surface area contributed by atoms with Crippen LogP contribution in [0.1, 0.15) is 5.56 Å². The van der Waals surface area contributed by atoms with Crippen molar-refractivity contribution in [1.82, 2.24) is 0 Å². The summed E-state index contributed by atoms with van der Waals surface area (Å²) in [7, 11) is 3.03. The fourth-order valence-corrected chi connectivity index (χ4v) is 1.69. The Kier molecular flexibility index (Phi) is 3.03. The lowest BCUT2D eigenvalue weighted by molar-refractivity contribution is 0.330. The zero-order chi connectivity index (χ0) is 10.0. The van der Waals surface area contributed by atoms with Crippen molar-refractivity contribution in [3.8, 4) is 17.2 Å². The van der Waals surface area contributed by atoms with Crippen LogP contribution in [0.2, 0.25) is 0 Å². The third-order valence-corrected chi connectivity index (χ3v) is 2.36. The molecule has 1 N–H and O–H groups in total.